The first-order valence-corrected chi connectivity index (χ1v) is 6.37. The molecule has 0 aliphatic heterocycles. The van der Waals surface area contributed by atoms with Crippen molar-refractivity contribution in [3.05, 3.63) is 54.4 Å². The van der Waals surface area contributed by atoms with Crippen LogP contribution < -0.4 is 5.32 Å². The van der Waals surface area contributed by atoms with Gasteiger partial charge in [0.2, 0.25) is 0 Å². The van der Waals surface area contributed by atoms with Crippen molar-refractivity contribution in [2.24, 2.45) is 0 Å². The zero-order chi connectivity index (χ0) is 11.5. The van der Waals surface area contributed by atoms with Crippen molar-refractivity contribution in [3.63, 3.8) is 0 Å². The van der Waals surface area contributed by atoms with Crippen LogP contribution in [0.4, 0.5) is 0 Å². The molecule has 0 bridgehead atoms. The molecule has 1 fully saturated rings. The van der Waals surface area contributed by atoms with E-state index >= 15 is 0 Å². The van der Waals surface area contributed by atoms with Gasteiger partial charge in [0.15, 0.2) is 0 Å². The molecule has 1 N–H and O–H groups in total. The Kier molecular flexibility index (Phi) is 2.97. The van der Waals surface area contributed by atoms with E-state index in [4.69, 9.17) is 0 Å². The lowest BCUT2D eigenvalue weighted by molar-refractivity contribution is 0.338. The lowest BCUT2D eigenvalue weighted by Crippen LogP contribution is -2.34. The number of hydrogen-bond donors (Lipinski definition) is 1. The quantitative estimate of drug-likeness (QED) is 0.847. The molecule has 2 heteroatoms. The second kappa shape index (κ2) is 4.76. The molecule has 1 aliphatic carbocycles. The summed E-state index contributed by atoms with van der Waals surface area (Å²) in [4.78, 5) is 0. The summed E-state index contributed by atoms with van der Waals surface area (Å²) in [6.07, 6.45) is 8.23. The molecule has 1 heterocycles. The fourth-order valence-electron chi connectivity index (χ4n) is 2.17. The summed E-state index contributed by atoms with van der Waals surface area (Å²) in [6, 6.07) is 13.6. The van der Waals surface area contributed by atoms with Gasteiger partial charge in [-0.25, -0.2) is 0 Å². The molecule has 2 aromatic rings. The van der Waals surface area contributed by atoms with Crippen molar-refractivity contribution in [3.8, 4) is 5.69 Å². The van der Waals surface area contributed by atoms with Gasteiger partial charge in [-0.1, -0.05) is 18.6 Å². The largest absolute Gasteiger partial charge is 0.324 e. The minimum absolute atomic E-state index is 0.763. The number of nitrogens with one attached hydrogen (secondary N) is 1. The smallest absolute Gasteiger partial charge is 0.0449 e. The van der Waals surface area contributed by atoms with E-state index < -0.39 is 0 Å². The highest BCUT2D eigenvalue weighted by molar-refractivity contribution is 5.35. The fraction of sp³-hybridized carbons (Fsp3) is 0.333. The van der Waals surface area contributed by atoms with Crippen LogP contribution in [0.25, 0.3) is 5.69 Å². The Hall–Kier alpha value is -1.54. The van der Waals surface area contributed by atoms with Gasteiger partial charge in [-0.05, 0) is 42.7 Å². The van der Waals surface area contributed by atoms with Crippen LogP contribution in [0.15, 0.2) is 48.8 Å². The topological polar surface area (TPSA) is 17.0 Å². The number of hydrogen-bond acceptors (Lipinski definition) is 1. The van der Waals surface area contributed by atoms with E-state index in [-0.39, 0.29) is 0 Å². The average molecular weight is 226 g/mol. The Bertz CT molecular complexity index is 452. The molecular weight excluding hydrogens is 208 g/mol. The molecule has 2 nitrogen and oxygen atoms in total. The molecule has 1 aromatic carbocycles. The van der Waals surface area contributed by atoms with Gasteiger partial charge in [-0.15, -0.1) is 0 Å². The van der Waals surface area contributed by atoms with Crippen molar-refractivity contribution < 1.29 is 0 Å². The third-order valence-corrected chi connectivity index (χ3v) is 3.54. The highest BCUT2D eigenvalue weighted by atomic mass is 14.9. The first kappa shape index (κ1) is 10.6. The number of nitrogens with zero attached hydrogens (tertiary/aromatic N) is 1. The molecule has 1 aromatic heterocycles. The summed E-state index contributed by atoms with van der Waals surface area (Å²) in [6.45, 7) is 0.997. The van der Waals surface area contributed by atoms with Crippen LogP contribution in [-0.4, -0.2) is 10.6 Å². The minimum atomic E-state index is 0.763. The Labute approximate surface area is 102 Å². The predicted molar refractivity (Wildman–Crippen MR) is 70.2 cm³/mol. The maximum Gasteiger partial charge on any atom is 0.0449 e. The van der Waals surface area contributed by atoms with E-state index in [0.717, 1.165) is 12.6 Å². The van der Waals surface area contributed by atoms with Crippen LogP contribution >= 0.6 is 0 Å². The Balaban J connectivity index is 1.63. The highest BCUT2D eigenvalue weighted by Crippen LogP contribution is 2.18. The summed E-state index contributed by atoms with van der Waals surface area (Å²) in [5.74, 6) is 0. The third-order valence-electron chi connectivity index (χ3n) is 3.54. The van der Waals surface area contributed by atoms with Gasteiger partial charge in [0.25, 0.3) is 0 Å². The maximum atomic E-state index is 3.58. The number of benzene rings is 1. The lowest BCUT2D eigenvalue weighted by atomic mass is 9.93. The molecule has 17 heavy (non-hydrogen) atoms. The lowest BCUT2D eigenvalue weighted by Gasteiger charge is -2.26. The standard InChI is InChI=1S/C15H18N2/c1-2-11-17(10-1)15-8-6-13(7-9-15)12-16-14-4-3-5-14/h1-2,6-11,14,16H,3-5,12H2. The summed E-state index contributed by atoms with van der Waals surface area (Å²) < 4.78 is 2.13. The molecule has 0 unspecified atom stereocenters. The van der Waals surface area contributed by atoms with Crippen LogP contribution in [-0.2, 0) is 6.54 Å². The van der Waals surface area contributed by atoms with E-state index in [1.54, 1.807) is 0 Å². The minimum Gasteiger partial charge on any atom is -0.324 e. The van der Waals surface area contributed by atoms with Gasteiger partial charge in [0.1, 0.15) is 0 Å². The van der Waals surface area contributed by atoms with Crippen molar-refractivity contribution in [1.82, 2.24) is 9.88 Å². The predicted octanol–water partition coefficient (Wildman–Crippen LogP) is 3.12. The van der Waals surface area contributed by atoms with Gasteiger partial charge in [0, 0.05) is 30.7 Å². The molecule has 1 saturated carbocycles. The molecule has 0 spiro atoms. The first-order valence-electron chi connectivity index (χ1n) is 6.37. The van der Waals surface area contributed by atoms with Crippen LogP contribution in [0.3, 0.4) is 0 Å². The zero-order valence-electron chi connectivity index (χ0n) is 9.97. The van der Waals surface area contributed by atoms with Gasteiger partial charge < -0.3 is 9.88 Å². The molecule has 0 radical (unpaired) electrons. The van der Waals surface area contributed by atoms with Crippen molar-refractivity contribution in [2.45, 2.75) is 31.8 Å². The summed E-state index contributed by atoms with van der Waals surface area (Å²) in [5.41, 5.74) is 2.59. The molecule has 0 amide bonds. The maximum absolute atomic E-state index is 3.58. The van der Waals surface area contributed by atoms with E-state index in [1.807, 2.05) is 12.1 Å². The molecule has 88 valence electrons. The molecule has 1 aliphatic rings. The SMILES string of the molecule is c1ccn(-c2ccc(CNC3CCC3)cc2)c1. The van der Waals surface area contributed by atoms with Crippen LogP contribution in [0, 0.1) is 0 Å². The van der Waals surface area contributed by atoms with Crippen LogP contribution in [0.1, 0.15) is 24.8 Å². The third kappa shape index (κ3) is 2.42. The Morgan fingerprint density at radius 3 is 2.35 bits per heavy atom. The Morgan fingerprint density at radius 2 is 1.76 bits per heavy atom. The molecule has 0 atom stereocenters. The Morgan fingerprint density at radius 1 is 1.06 bits per heavy atom. The normalized spacial score (nSPS) is 15.8. The zero-order valence-corrected chi connectivity index (χ0v) is 9.97. The molecule has 0 saturated heterocycles. The van der Waals surface area contributed by atoms with Gasteiger partial charge >= 0.3 is 0 Å². The van der Waals surface area contributed by atoms with Crippen LogP contribution in [0.5, 0.6) is 0 Å². The van der Waals surface area contributed by atoms with Crippen molar-refractivity contribution >= 4 is 0 Å². The second-order valence-corrected chi connectivity index (χ2v) is 4.77. The first-order chi connectivity index (χ1) is 8.42. The molecule has 3 rings (SSSR count). The van der Waals surface area contributed by atoms with Gasteiger partial charge in [-0.2, -0.15) is 0 Å². The van der Waals surface area contributed by atoms with E-state index in [0.29, 0.717) is 0 Å². The van der Waals surface area contributed by atoms with Crippen molar-refractivity contribution in [2.75, 3.05) is 0 Å². The summed E-state index contributed by atoms with van der Waals surface area (Å²) >= 11 is 0. The monoisotopic (exact) mass is 226 g/mol. The highest BCUT2D eigenvalue weighted by Gasteiger charge is 2.15. The summed E-state index contributed by atoms with van der Waals surface area (Å²) in [7, 11) is 0. The second-order valence-electron chi connectivity index (χ2n) is 4.77. The average Bonchev–Trinajstić information content (AvgIpc) is 2.81. The number of rotatable bonds is 4. The number of aromatic nitrogens is 1. The van der Waals surface area contributed by atoms with E-state index in [1.165, 1.54) is 30.5 Å². The van der Waals surface area contributed by atoms with Gasteiger partial charge in [0.05, 0.1) is 0 Å². The van der Waals surface area contributed by atoms with E-state index in [2.05, 4.69) is 46.5 Å². The fourth-order valence-corrected chi connectivity index (χ4v) is 2.17. The summed E-state index contributed by atoms with van der Waals surface area (Å²) in [5, 5.41) is 3.58. The van der Waals surface area contributed by atoms with Crippen LogP contribution in [0.2, 0.25) is 0 Å². The van der Waals surface area contributed by atoms with E-state index in [9.17, 15) is 0 Å². The molecular formula is C15H18N2. The van der Waals surface area contributed by atoms with Crippen molar-refractivity contribution in [1.29, 1.82) is 0 Å². The van der Waals surface area contributed by atoms with Gasteiger partial charge in [-0.3, -0.25) is 0 Å².